The first-order valence-electron chi connectivity index (χ1n) is 8.78. The van der Waals surface area contributed by atoms with E-state index >= 15 is 0 Å². The van der Waals surface area contributed by atoms with Gasteiger partial charge in [-0.25, -0.2) is 0 Å². The van der Waals surface area contributed by atoms with E-state index in [0.717, 1.165) is 30.8 Å². The van der Waals surface area contributed by atoms with Crippen LogP contribution in [0, 0.1) is 11.8 Å². The molecule has 1 unspecified atom stereocenters. The van der Waals surface area contributed by atoms with Crippen molar-refractivity contribution in [2.24, 2.45) is 11.8 Å². The second kappa shape index (κ2) is 4.59. The monoisotopic (exact) mass is 312 g/mol. The van der Waals surface area contributed by atoms with Crippen molar-refractivity contribution in [2.45, 2.75) is 36.6 Å². The molecule has 2 N–H and O–H groups in total. The van der Waals surface area contributed by atoms with Crippen molar-refractivity contribution in [1.29, 1.82) is 0 Å². The molecule has 0 spiro atoms. The number of nitrogens with zero attached hydrogens (tertiary/aromatic N) is 1. The maximum absolute atomic E-state index is 11.6. The number of benzene rings is 1. The standard InChI is InChI=1S/C19H24N2O2/c1-2-13-12-21-9-7-14(13)11-17(21)19-18(22,8-10-23-19)15-5-3-4-6-16(15)20-19/h2-6,13-14,17,20,22H,1,7-12H2/t13-,14+,17+,18+,19-/m0/s1. The number of rotatable bonds is 2. The van der Waals surface area contributed by atoms with Crippen LogP contribution in [0.25, 0.3) is 0 Å². The number of ether oxygens (including phenoxy) is 1. The lowest BCUT2D eigenvalue weighted by Gasteiger charge is -2.55. The molecule has 4 nitrogen and oxygen atoms in total. The SMILES string of the molecule is C=C[C@H]1CN2CC[C@@H]1C[C@@H]2[C@@]12Nc3ccccc3[C@]1(O)CCO2. The molecule has 122 valence electrons. The van der Waals surface area contributed by atoms with Gasteiger partial charge in [0.25, 0.3) is 0 Å². The fraction of sp³-hybridized carbons (Fsp3) is 0.579. The minimum Gasteiger partial charge on any atom is -0.380 e. The quantitative estimate of drug-likeness (QED) is 0.823. The second-order valence-electron chi connectivity index (χ2n) is 7.56. The van der Waals surface area contributed by atoms with Crippen LogP contribution in [0.5, 0.6) is 0 Å². The zero-order chi connectivity index (χ0) is 15.7. The highest BCUT2D eigenvalue weighted by Gasteiger charge is 2.67. The summed E-state index contributed by atoms with van der Waals surface area (Å²) in [7, 11) is 0. The molecule has 1 aromatic carbocycles. The fourth-order valence-electron chi connectivity index (χ4n) is 5.51. The molecule has 6 atom stereocenters. The molecule has 4 fully saturated rings. The first-order chi connectivity index (χ1) is 11.2. The van der Waals surface area contributed by atoms with Crippen molar-refractivity contribution >= 4 is 5.69 Å². The van der Waals surface area contributed by atoms with Gasteiger partial charge >= 0.3 is 0 Å². The summed E-state index contributed by atoms with van der Waals surface area (Å²) in [5.41, 5.74) is 0.412. The number of hydrogen-bond acceptors (Lipinski definition) is 4. The maximum atomic E-state index is 11.6. The van der Waals surface area contributed by atoms with Crippen LogP contribution in [-0.2, 0) is 10.3 Å². The molecule has 4 saturated heterocycles. The van der Waals surface area contributed by atoms with E-state index in [0.29, 0.717) is 24.9 Å². The molecule has 0 saturated carbocycles. The van der Waals surface area contributed by atoms with Crippen LogP contribution in [-0.4, -0.2) is 41.5 Å². The molecule has 0 aromatic heterocycles. The Morgan fingerprint density at radius 1 is 1.39 bits per heavy atom. The molecule has 2 bridgehead atoms. The van der Waals surface area contributed by atoms with Gasteiger partial charge in [0.15, 0.2) is 5.72 Å². The van der Waals surface area contributed by atoms with Crippen molar-refractivity contribution in [3.63, 3.8) is 0 Å². The second-order valence-corrected chi connectivity index (χ2v) is 7.56. The third-order valence-electron chi connectivity index (χ3n) is 6.68. The average Bonchev–Trinajstić information content (AvgIpc) is 3.05. The topological polar surface area (TPSA) is 44.7 Å². The summed E-state index contributed by atoms with van der Waals surface area (Å²) in [6.07, 6.45) is 5.08. The van der Waals surface area contributed by atoms with E-state index in [1.165, 1.54) is 6.42 Å². The zero-order valence-corrected chi connectivity index (χ0v) is 13.4. The summed E-state index contributed by atoms with van der Waals surface area (Å²) < 4.78 is 6.28. The van der Waals surface area contributed by atoms with E-state index < -0.39 is 11.3 Å². The molecule has 5 heterocycles. The van der Waals surface area contributed by atoms with Gasteiger partial charge in [-0.05, 0) is 37.3 Å². The number of anilines is 1. The Hall–Kier alpha value is -1.36. The normalized spacial score (nSPS) is 47.0. The van der Waals surface area contributed by atoms with Crippen molar-refractivity contribution in [1.82, 2.24) is 4.90 Å². The third kappa shape index (κ3) is 1.61. The molecule has 5 aliphatic rings. The molecule has 0 amide bonds. The van der Waals surface area contributed by atoms with Gasteiger partial charge in [-0.2, -0.15) is 0 Å². The van der Waals surface area contributed by atoms with Crippen LogP contribution < -0.4 is 5.32 Å². The molecular weight excluding hydrogens is 288 g/mol. The van der Waals surface area contributed by atoms with Crippen LogP contribution in [0.1, 0.15) is 24.8 Å². The number of fused-ring (bicyclic) bond motifs is 7. The first kappa shape index (κ1) is 14.0. The maximum Gasteiger partial charge on any atom is 0.187 e. The van der Waals surface area contributed by atoms with Crippen molar-refractivity contribution in [2.75, 3.05) is 25.0 Å². The molecular formula is C19H24N2O2. The van der Waals surface area contributed by atoms with Gasteiger partial charge in [-0.3, -0.25) is 4.90 Å². The minimum absolute atomic E-state index is 0.220. The Labute approximate surface area is 137 Å². The van der Waals surface area contributed by atoms with Crippen LogP contribution in [0.4, 0.5) is 5.69 Å². The molecule has 23 heavy (non-hydrogen) atoms. The largest absolute Gasteiger partial charge is 0.380 e. The number of aliphatic hydroxyl groups is 1. The highest BCUT2D eigenvalue weighted by atomic mass is 16.5. The lowest BCUT2D eigenvalue weighted by Crippen LogP contribution is -2.68. The fourth-order valence-corrected chi connectivity index (χ4v) is 5.51. The number of para-hydroxylation sites is 1. The Morgan fingerprint density at radius 2 is 2.26 bits per heavy atom. The van der Waals surface area contributed by atoms with Crippen molar-refractivity contribution in [3.05, 3.63) is 42.5 Å². The van der Waals surface area contributed by atoms with Gasteiger partial charge in [0.05, 0.1) is 12.6 Å². The van der Waals surface area contributed by atoms with Crippen LogP contribution in [0.3, 0.4) is 0 Å². The summed E-state index contributed by atoms with van der Waals surface area (Å²) in [4.78, 5) is 2.52. The molecule has 0 aliphatic carbocycles. The zero-order valence-electron chi connectivity index (χ0n) is 13.4. The molecule has 1 aromatic rings. The molecule has 0 radical (unpaired) electrons. The average molecular weight is 312 g/mol. The van der Waals surface area contributed by atoms with E-state index in [9.17, 15) is 5.11 Å². The van der Waals surface area contributed by atoms with E-state index in [1.54, 1.807) is 0 Å². The minimum atomic E-state index is -0.921. The van der Waals surface area contributed by atoms with E-state index in [1.807, 2.05) is 18.2 Å². The Morgan fingerprint density at radius 3 is 3.04 bits per heavy atom. The highest BCUT2D eigenvalue weighted by Crippen LogP contribution is 2.57. The van der Waals surface area contributed by atoms with Gasteiger partial charge in [-0.15, -0.1) is 6.58 Å². The highest BCUT2D eigenvalue weighted by molar-refractivity contribution is 5.63. The molecule has 4 heteroatoms. The molecule has 5 aliphatic heterocycles. The summed E-state index contributed by atoms with van der Waals surface area (Å²) in [5.74, 6) is 1.24. The Bertz CT molecular complexity index is 663. The summed E-state index contributed by atoms with van der Waals surface area (Å²) in [5, 5.41) is 15.2. The summed E-state index contributed by atoms with van der Waals surface area (Å²) in [6.45, 7) is 6.76. The van der Waals surface area contributed by atoms with Gasteiger partial charge in [0.2, 0.25) is 0 Å². The van der Waals surface area contributed by atoms with Crippen LogP contribution >= 0.6 is 0 Å². The number of nitrogens with one attached hydrogen (secondary N) is 1. The smallest absolute Gasteiger partial charge is 0.187 e. The predicted molar refractivity (Wildman–Crippen MR) is 89.0 cm³/mol. The van der Waals surface area contributed by atoms with Crippen LogP contribution in [0.15, 0.2) is 36.9 Å². The van der Waals surface area contributed by atoms with Gasteiger partial charge in [-0.1, -0.05) is 24.3 Å². The lowest BCUT2D eigenvalue weighted by atomic mass is 9.70. The predicted octanol–water partition coefficient (Wildman–Crippen LogP) is 2.31. The summed E-state index contributed by atoms with van der Waals surface area (Å²) >= 11 is 0. The van der Waals surface area contributed by atoms with E-state index in [-0.39, 0.29) is 6.04 Å². The van der Waals surface area contributed by atoms with E-state index in [4.69, 9.17) is 4.74 Å². The van der Waals surface area contributed by atoms with Crippen molar-refractivity contribution in [3.8, 4) is 0 Å². The van der Waals surface area contributed by atoms with Gasteiger partial charge in [0.1, 0.15) is 5.60 Å². The number of piperidine rings is 3. The Balaban J connectivity index is 1.57. The van der Waals surface area contributed by atoms with Gasteiger partial charge < -0.3 is 15.2 Å². The summed E-state index contributed by atoms with van der Waals surface area (Å²) in [6, 6.07) is 8.35. The first-order valence-corrected chi connectivity index (χ1v) is 8.78. The third-order valence-corrected chi connectivity index (χ3v) is 6.68. The number of hydrogen-bond donors (Lipinski definition) is 2. The van der Waals surface area contributed by atoms with E-state index in [2.05, 4.69) is 28.9 Å². The molecule has 6 rings (SSSR count). The van der Waals surface area contributed by atoms with Crippen molar-refractivity contribution < 1.29 is 9.84 Å². The van der Waals surface area contributed by atoms with Crippen LogP contribution in [0.2, 0.25) is 0 Å². The van der Waals surface area contributed by atoms with Gasteiger partial charge in [0, 0.05) is 24.2 Å². The lowest BCUT2D eigenvalue weighted by molar-refractivity contribution is -0.168. The Kier molecular flexibility index (Phi) is 2.80.